The Morgan fingerprint density at radius 2 is 1.71 bits per heavy atom. The lowest BCUT2D eigenvalue weighted by Crippen LogP contribution is -2.42. The van der Waals surface area contributed by atoms with Crippen molar-refractivity contribution in [3.05, 3.63) is 64.1 Å². The molecule has 2 amide bonds. The van der Waals surface area contributed by atoms with Gasteiger partial charge in [0.2, 0.25) is 0 Å². The molecule has 1 saturated carbocycles. The van der Waals surface area contributed by atoms with Crippen LogP contribution < -0.4 is 14.8 Å². The maximum Gasteiger partial charge on any atom is 0.254 e. The molecule has 1 saturated heterocycles. The van der Waals surface area contributed by atoms with Crippen LogP contribution in [0.3, 0.4) is 0 Å². The van der Waals surface area contributed by atoms with Crippen LogP contribution in [-0.4, -0.2) is 41.9 Å². The largest absolute Gasteiger partial charge is 0.619 e. The van der Waals surface area contributed by atoms with Crippen molar-refractivity contribution in [3.63, 3.8) is 0 Å². The maximum atomic E-state index is 12.6. The third kappa shape index (κ3) is 5.28. The van der Waals surface area contributed by atoms with Gasteiger partial charge in [-0.25, -0.2) is 0 Å². The monoisotopic (exact) mass is 443 g/mol. The van der Waals surface area contributed by atoms with E-state index >= 15 is 0 Å². The summed E-state index contributed by atoms with van der Waals surface area (Å²) in [7, 11) is 0. The van der Waals surface area contributed by atoms with E-state index in [-0.39, 0.29) is 24.0 Å². The molecule has 2 aromatic rings. The van der Waals surface area contributed by atoms with Crippen molar-refractivity contribution in [1.29, 1.82) is 0 Å². The Morgan fingerprint density at radius 3 is 2.35 bits per heavy atom. The molecule has 0 atom stereocenters. The van der Waals surface area contributed by atoms with Gasteiger partial charge in [0.15, 0.2) is 12.4 Å². The molecule has 8 heteroatoms. The van der Waals surface area contributed by atoms with Crippen molar-refractivity contribution in [2.24, 2.45) is 0 Å². The minimum absolute atomic E-state index is 0.0562. The number of rotatable bonds is 5. The number of hydrogen-bond acceptors (Lipinski definition) is 4. The van der Waals surface area contributed by atoms with Crippen LogP contribution in [0.15, 0.2) is 42.7 Å². The number of hydrogen-bond donors (Lipinski definition) is 1. The Morgan fingerprint density at radius 1 is 1.03 bits per heavy atom. The van der Waals surface area contributed by atoms with Crippen LogP contribution in [0.5, 0.6) is 5.75 Å². The Bertz CT molecular complexity index is 936. The number of aromatic nitrogens is 1. The van der Waals surface area contributed by atoms with Crippen molar-refractivity contribution in [1.82, 2.24) is 10.2 Å². The van der Waals surface area contributed by atoms with E-state index in [1.54, 1.807) is 23.1 Å². The zero-order valence-corrected chi connectivity index (χ0v) is 18.0. The molecule has 2 fully saturated rings. The molecule has 2 heterocycles. The standard InChI is InChI=1S/C23H26ClN3O4/c24-20-15-17(22(28)25-18-3-1-2-4-18)5-6-21(20)31-19-9-11-26(12-10-19)23(29)16-7-13-27(30)14-8-16/h5-8,13-15,18-19H,1-4,9-12H2,(H,25,28). The van der Waals surface area contributed by atoms with Crippen molar-refractivity contribution in [2.75, 3.05) is 13.1 Å². The van der Waals surface area contributed by atoms with Crippen LogP contribution in [0.1, 0.15) is 59.2 Å². The molecular weight excluding hydrogens is 418 g/mol. The average Bonchev–Trinajstić information content (AvgIpc) is 3.29. The number of carbonyl (C=O) groups excluding carboxylic acids is 2. The minimum Gasteiger partial charge on any atom is -0.619 e. The molecule has 0 radical (unpaired) electrons. The third-order valence-corrected chi connectivity index (χ3v) is 6.25. The normalized spacial score (nSPS) is 17.5. The summed E-state index contributed by atoms with van der Waals surface area (Å²) in [5.74, 6) is 0.359. The fourth-order valence-electron chi connectivity index (χ4n) is 4.17. The van der Waals surface area contributed by atoms with E-state index in [1.165, 1.54) is 24.5 Å². The first-order chi connectivity index (χ1) is 15.0. The van der Waals surface area contributed by atoms with Crippen molar-refractivity contribution >= 4 is 23.4 Å². The zero-order chi connectivity index (χ0) is 21.8. The molecule has 164 valence electrons. The van der Waals surface area contributed by atoms with Gasteiger partial charge < -0.3 is 20.2 Å². The van der Waals surface area contributed by atoms with Crippen LogP contribution in [0.25, 0.3) is 0 Å². The van der Waals surface area contributed by atoms with Crippen LogP contribution in [-0.2, 0) is 0 Å². The predicted molar refractivity (Wildman–Crippen MR) is 116 cm³/mol. The Labute approximate surface area is 186 Å². The lowest BCUT2D eigenvalue weighted by molar-refractivity contribution is -0.605. The highest BCUT2D eigenvalue weighted by molar-refractivity contribution is 6.32. The number of amides is 2. The smallest absolute Gasteiger partial charge is 0.254 e. The SMILES string of the molecule is O=C(NC1CCCC1)c1ccc(OC2CCN(C(=O)c3cc[n+]([O-])cc3)CC2)c(Cl)c1. The number of benzene rings is 1. The number of halogens is 1. The average molecular weight is 444 g/mol. The van der Waals surface area contributed by atoms with Crippen LogP contribution >= 0.6 is 11.6 Å². The fraction of sp³-hybridized carbons (Fsp3) is 0.435. The van der Waals surface area contributed by atoms with Gasteiger partial charge in [0.1, 0.15) is 11.9 Å². The number of nitrogens with zero attached hydrogens (tertiary/aromatic N) is 2. The van der Waals surface area contributed by atoms with Crippen molar-refractivity contribution in [3.8, 4) is 5.75 Å². The third-order valence-electron chi connectivity index (χ3n) is 5.96. The fourth-order valence-corrected chi connectivity index (χ4v) is 4.40. The maximum absolute atomic E-state index is 12.6. The lowest BCUT2D eigenvalue weighted by Gasteiger charge is -2.32. The summed E-state index contributed by atoms with van der Waals surface area (Å²) in [5, 5.41) is 14.6. The minimum atomic E-state index is -0.101. The Balaban J connectivity index is 1.30. The van der Waals surface area contributed by atoms with Gasteiger partial charge in [-0.2, -0.15) is 4.73 Å². The highest BCUT2D eigenvalue weighted by atomic mass is 35.5. The van der Waals surface area contributed by atoms with E-state index in [0.29, 0.717) is 52.6 Å². The molecule has 1 N–H and O–H groups in total. The summed E-state index contributed by atoms with van der Waals surface area (Å²) in [6.45, 7) is 1.13. The molecule has 4 rings (SSSR count). The molecule has 7 nitrogen and oxygen atoms in total. The summed E-state index contributed by atoms with van der Waals surface area (Å²) < 4.78 is 6.71. The molecule has 1 aromatic heterocycles. The summed E-state index contributed by atoms with van der Waals surface area (Å²) >= 11 is 6.38. The molecule has 31 heavy (non-hydrogen) atoms. The summed E-state index contributed by atoms with van der Waals surface area (Å²) in [4.78, 5) is 26.8. The topological polar surface area (TPSA) is 85.6 Å². The number of carbonyl (C=O) groups is 2. The van der Waals surface area contributed by atoms with Gasteiger partial charge in [0, 0.05) is 49.7 Å². The van der Waals surface area contributed by atoms with E-state index in [4.69, 9.17) is 16.3 Å². The van der Waals surface area contributed by atoms with E-state index in [0.717, 1.165) is 25.7 Å². The Kier molecular flexibility index (Phi) is 6.61. The molecule has 2 aliphatic rings. The lowest BCUT2D eigenvalue weighted by atomic mass is 10.1. The second-order valence-electron chi connectivity index (χ2n) is 8.16. The zero-order valence-electron chi connectivity index (χ0n) is 17.3. The van der Waals surface area contributed by atoms with Gasteiger partial charge in [-0.1, -0.05) is 24.4 Å². The molecule has 0 spiro atoms. The molecular formula is C23H26ClN3O4. The Hall–Kier alpha value is -2.80. The van der Waals surface area contributed by atoms with Crippen LogP contribution in [0, 0.1) is 5.21 Å². The van der Waals surface area contributed by atoms with Gasteiger partial charge in [0.05, 0.1) is 10.6 Å². The molecule has 1 aliphatic carbocycles. The predicted octanol–water partition coefficient (Wildman–Crippen LogP) is 3.33. The highest BCUT2D eigenvalue weighted by Crippen LogP contribution is 2.29. The number of pyridine rings is 1. The van der Waals surface area contributed by atoms with Crippen molar-refractivity contribution < 1.29 is 19.1 Å². The highest BCUT2D eigenvalue weighted by Gasteiger charge is 2.26. The molecule has 1 aliphatic heterocycles. The molecule has 0 bridgehead atoms. The summed E-state index contributed by atoms with van der Waals surface area (Å²) in [5.41, 5.74) is 1.04. The first-order valence-corrected chi connectivity index (χ1v) is 11.1. The molecule has 1 aromatic carbocycles. The van der Waals surface area contributed by atoms with Gasteiger partial charge in [-0.3, -0.25) is 9.59 Å². The van der Waals surface area contributed by atoms with Crippen LogP contribution in [0.2, 0.25) is 5.02 Å². The van der Waals surface area contributed by atoms with Gasteiger partial charge in [-0.05, 0) is 31.0 Å². The number of piperidine rings is 1. The number of ether oxygens (including phenoxy) is 1. The van der Waals surface area contributed by atoms with E-state index in [9.17, 15) is 14.8 Å². The first kappa shape index (κ1) is 21.4. The second-order valence-corrected chi connectivity index (χ2v) is 8.56. The summed E-state index contributed by atoms with van der Waals surface area (Å²) in [6.07, 6.45) is 8.34. The quantitative estimate of drug-likeness (QED) is 0.567. The van der Waals surface area contributed by atoms with E-state index in [1.807, 2.05) is 0 Å². The van der Waals surface area contributed by atoms with Gasteiger partial charge in [0.25, 0.3) is 11.8 Å². The van der Waals surface area contributed by atoms with Gasteiger partial charge in [-0.15, -0.1) is 0 Å². The molecule has 0 unspecified atom stereocenters. The van der Waals surface area contributed by atoms with Crippen molar-refractivity contribution in [2.45, 2.75) is 50.7 Å². The van der Waals surface area contributed by atoms with Crippen LogP contribution in [0.4, 0.5) is 0 Å². The number of nitrogens with one attached hydrogen (secondary N) is 1. The number of likely N-dealkylation sites (tertiary alicyclic amines) is 1. The second kappa shape index (κ2) is 9.56. The van der Waals surface area contributed by atoms with E-state index < -0.39 is 0 Å². The van der Waals surface area contributed by atoms with Gasteiger partial charge >= 0.3 is 0 Å². The summed E-state index contributed by atoms with van der Waals surface area (Å²) in [6, 6.07) is 8.45. The first-order valence-electron chi connectivity index (χ1n) is 10.7. The van der Waals surface area contributed by atoms with E-state index in [2.05, 4.69) is 5.32 Å².